The third-order valence-electron chi connectivity index (χ3n) is 2.81. The van der Waals surface area contributed by atoms with Gasteiger partial charge >= 0.3 is 0 Å². The summed E-state index contributed by atoms with van der Waals surface area (Å²) >= 11 is 5.97. The van der Waals surface area contributed by atoms with E-state index in [1.54, 1.807) is 19.4 Å². The molecule has 0 atom stereocenters. The summed E-state index contributed by atoms with van der Waals surface area (Å²) in [6.45, 7) is 1.90. The largest absolute Gasteiger partial charge is 0.481 e. The number of imidazole rings is 1. The van der Waals surface area contributed by atoms with Gasteiger partial charge in [-0.1, -0.05) is 11.6 Å². The lowest BCUT2D eigenvalue weighted by Crippen LogP contribution is -2.03. The fraction of sp³-hybridized carbons (Fsp3) is 0.154. The molecular formula is C13H11ClN4O. The number of hydrogen-bond donors (Lipinski definition) is 0. The lowest BCUT2D eigenvalue weighted by molar-refractivity contribution is 0.396. The lowest BCUT2D eigenvalue weighted by Gasteiger charge is -2.06. The maximum absolute atomic E-state index is 5.97. The highest BCUT2D eigenvalue weighted by atomic mass is 35.5. The van der Waals surface area contributed by atoms with Crippen LogP contribution in [0.15, 0.2) is 30.5 Å². The Hall–Kier alpha value is -2.14. The van der Waals surface area contributed by atoms with Crippen molar-refractivity contribution in [1.82, 2.24) is 19.5 Å². The summed E-state index contributed by atoms with van der Waals surface area (Å²) in [5.74, 6) is 1.84. The molecule has 2 aromatic heterocycles. The predicted octanol–water partition coefficient (Wildman–Crippen LogP) is 2.79. The van der Waals surface area contributed by atoms with Gasteiger partial charge in [0.15, 0.2) is 0 Å². The number of halogens is 1. The number of hydrogen-bond acceptors (Lipinski definition) is 4. The van der Waals surface area contributed by atoms with Crippen LogP contribution in [0, 0.1) is 6.92 Å². The van der Waals surface area contributed by atoms with Crippen LogP contribution in [0.2, 0.25) is 5.02 Å². The molecule has 2 heterocycles. The van der Waals surface area contributed by atoms with Gasteiger partial charge in [0.05, 0.1) is 18.1 Å². The maximum Gasteiger partial charge on any atom is 0.238 e. The number of rotatable bonds is 2. The summed E-state index contributed by atoms with van der Waals surface area (Å²) in [5, 5.41) is 0.656. The molecule has 3 rings (SSSR count). The van der Waals surface area contributed by atoms with Crippen molar-refractivity contribution in [2.75, 3.05) is 7.11 Å². The van der Waals surface area contributed by atoms with Crippen LogP contribution in [0.4, 0.5) is 0 Å². The van der Waals surface area contributed by atoms with Gasteiger partial charge in [-0.15, -0.1) is 0 Å². The topological polar surface area (TPSA) is 52.8 Å². The van der Waals surface area contributed by atoms with Crippen molar-refractivity contribution in [2.45, 2.75) is 6.92 Å². The van der Waals surface area contributed by atoms with Gasteiger partial charge in [-0.25, -0.2) is 9.97 Å². The molecule has 0 aliphatic heterocycles. The Morgan fingerprint density at radius 2 is 2.05 bits per heavy atom. The Balaban J connectivity index is 2.26. The highest BCUT2D eigenvalue weighted by molar-refractivity contribution is 6.31. The number of methoxy groups -OCH3 is 1. The van der Waals surface area contributed by atoms with E-state index in [0.717, 1.165) is 16.9 Å². The van der Waals surface area contributed by atoms with E-state index in [-0.39, 0.29) is 0 Å². The average Bonchev–Trinajstić information content (AvgIpc) is 2.73. The number of benzene rings is 1. The first kappa shape index (κ1) is 11.9. The second-order valence-corrected chi connectivity index (χ2v) is 4.46. The zero-order valence-corrected chi connectivity index (χ0v) is 11.2. The Bertz CT molecular complexity index is 753. The van der Waals surface area contributed by atoms with Gasteiger partial charge in [-0.2, -0.15) is 4.98 Å². The number of aryl methyl sites for hydroxylation is 1. The van der Waals surface area contributed by atoms with Crippen molar-refractivity contribution in [3.8, 4) is 11.8 Å². The van der Waals surface area contributed by atoms with Gasteiger partial charge in [0.2, 0.25) is 11.8 Å². The molecule has 6 heteroatoms. The first-order valence-electron chi connectivity index (χ1n) is 5.71. The molecule has 1 aromatic carbocycles. The van der Waals surface area contributed by atoms with Gasteiger partial charge in [0.1, 0.15) is 5.82 Å². The summed E-state index contributed by atoms with van der Waals surface area (Å²) in [6.07, 6.45) is 1.66. The zero-order chi connectivity index (χ0) is 13.4. The Morgan fingerprint density at radius 3 is 2.84 bits per heavy atom. The highest BCUT2D eigenvalue weighted by Crippen LogP contribution is 2.23. The molecule has 0 fully saturated rings. The van der Waals surface area contributed by atoms with E-state index in [9.17, 15) is 0 Å². The number of ether oxygens (including phenoxy) is 1. The van der Waals surface area contributed by atoms with E-state index in [4.69, 9.17) is 16.3 Å². The molecule has 0 aliphatic rings. The molecule has 0 saturated carbocycles. The molecule has 0 radical (unpaired) electrons. The van der Waals surface area contributed by atoms with Crippen LogP contribution in [-0.4, -0.2) is 26.6 Å². The Morgan fingerprint density at radius 1 is 1.21 bits per heavy atom. The van der Waals surface area contributed by atoms with Crippen LogP contribution >= 0.6 is 11.6 Å². The fourth-order valence-corrected chi connectivity index (χ4v) is 2.15. The molecule has 0 saturated heterocycles. The lowest BCUT2D eigenvalue weighted by atomic mass is 10.3. The Labute approximate surface area is 114 Å². The van der Waals surface area contributed by atoms with Crippen molar-refractivity contribution in [2.24, 2.45) is 0 Å². The summed E-state index contributed by atoms with van der Waals surface area (Å²) in [4.78, 5) is 13.0. The van der Waals surface area contributed by atoms with E-state index in [1.807, 2.05) is 29.7 Å². The third-order valence-corrected chi connectivity index (χ3v) is 3.05. The van der Waals surface area contributed by atoms with Crippen molar-refractivity contribution in [1.29, 1.82) is 0 Å². The number of fused-ring (bicyclic) bond motifs is 1. The highest BCUT2D eigenvalue weighted by Gasteiger charge is 2.12. The van der Waals surface area contributed by atoms with Gasteiger partial charge in [-0.05, 0) is 25.1 Å². The minimum Gasteiger partial charge on any atom is -0.481 e. The van der Waals surface area contributed by atoms with E-state index in [2.05, 4.69) is 15.0 Å². The quantitative estimate of drug-likeness (QED) is 0.721. The maximum atomic E-state index is 5.97. The van der Waals surface area contributed by atoms with E-state index in [0.29, 0.717) is 16.9 Å². The molecule has 0 bridgehead atoms. The molecule has 3 aromatic rings. The summed E-state index contributed by atoms with van der Waals surface area (Å²) in [7, 11) is 1.57. The number of aromatic nitrogens is 4. The standard InChI is InChI=1S/C13H11ClN4O/c1-8-16-10-7-9(14)3-4-11(10)18(8)13-15-6-5-12(17-13)19-2/h3-7H,1-2H3. The minimum absolute atomic E-state index is 0.514. The van der Waals surface area contributed by atoms with Crippen LogP contribution in [0.25, 0.3) is 17.0 Å². The molecular weight excluding hydrogens is 264 g/mol. The van der Waals surface area contributed by atoms with Gasteiger partial charge in [0.25, 0.3) is 0 Å². The Kier molecular flexibility index (Phi) is 2.83. The number of nitrogens with zero attached hydrogens (tertiary/aromatic N) is 4. The normalized spacial score (nSPS) is 10.9. The fourth-order valence-electron chi connectivity index (χ4n) is 1.98. The predicted molar refractivity (Wildman–Crippen MR) is 73.0 cm³/mol. The van der Waals surface area contributed by atoms with Crippen LogP contribution in [-0.2, 0) is 0 Å². The van der Waals surface area contributed by atoms with Crippen LogP contribution < -0.4 is 4.74 Å². The molecule has 0 N–H and O–H groups in total. The average molecular weight is 275 g/mol. The van der Waals surface area contributed by atoms with E-state index >= 15 is 0 Å². The SMILES string of the molecule is COc1ccnc(-n2c(C)nc3cc(Cl)ccc32)n1. The first-order chi connectivity index (χ1) is 9.19. The van der Waals surface area contributed by atoms with Crippen LogP contribution in [0.5, 0.6) is 5.88 Å². The molecule has 0 unspecified atom stereocenters. The van der Waals surface area contributed by atoms with Crippen molar-refractivity contribution >= 4 is 22.6 Å². The molecule has 96 valence electrons. The summed E-state index contributed by atoms with van der Waals surface area (Å²) < 4.78 is 6.99. The molecule has 0 spiro atoms. The second kappa shape index (κ2) is 4.51. The zero-order valence-electron chi connectivity index (χ0n) is 10.5. The first-order valence-corrected chi connectivity index (χ1v) is 6.09. The summed E-state index contributed by atoms with van der Waals surface area (Å²) in [5.41, 5.74) is 1.73. The van der Waals surface area contributed by atoms with Crippen molar-refractivity contribution in [3.63, 3.8) is 0 Å². The van der Waals surface area contributed by atoms with E-state index in [1.165, 1.54) is 0 Å². The summed E-state index contributed by atoms with van der Waals surface area (Å²) in [6, 6.07) is 7.25. The second-order valence-electron chi connectivity index (χ2n) is 4.03. The van der Waals surface area contributed by atoms with Gasteiger partial charge in [-0.3, -0.25) is 4.57 Å². The van der Waals surface area contributed by atoms with Crippen LogP contribution in [0.3, 0.4) is 0 Å². The third kappa shape index (κ3) is 2.02. The molecule has 19 heavy (non-hydrogen) atoms. The van der Waals surface area contributed by atoms with Gasteiger partial charge < -0.3 is 4.74 Å². The smallest absolute Gasteiger partial charge is 0.238 e. The van der Waals surface area contributed by atoms with Crippen molar-refractivity contribution < 1.29 is 4.74 Å². The van der Waals surface area contributed by atoms with Crippen LogP contribution in [0.1, 0.15) is 5.82 Å². The minimum atomic E-state index is 0.514. The molecule has 0 aliphatic carbocycles. The van der Waals surface area contributed by atoms with Gasteiger partial charge in [0, 0.05) is 17.3 Å². The molecule has 5 nitrogen and oxygen atoms in total. The monoisotopic (exact) mass is 274 g/mol. The van der Waals surface area contributed by atoms with Crippen molar-refractivity contribution in [3.05, 3.63) is 41.3 Å². The van der Waals surface area contributed by atoms with E-state index < -0.39 is 0 Å². The molecule has 0 amide bonds.